The number of rotatable bonds is 4. The van der Waals surface area contributed by atoms with Gasteiger partial charge in [-0.2, -0.15) is 0 Å². The molecule has 2 aromatic rings. The highest BCUT2D eigenvalue weighted by Gasteiger charge is 2.20. The van der Waals surface area contributed by atoms with Crippen LogP contribution >= 0.6 is 11.3 Å². The molecule has 3 nitrogen and oxygen atoms in total. The van der Waals surface area contributed by atoms with E-state index in [0.717, 1.165) is 40.0 Å². The van der Waals surface area contributed by atoms with Crippen LogP contribution in [-0.2, 0) is 0 Å². The van der Waals surface area contributed by atoms with Crippen molar-refractivity contribution in [2.24, 2.45) is 11.8 Å². The predicted molar refractivity (Wildman–Crippen MR) is 88.3 cm³/mol. The number of hydrogen-bond donors (Lipinski definition) is 2. The molecule has 0 saturated heterocycles. The molecule has 1 fully saturated rings. The van der Waals surface area contributed by atoms with Gasteiger partial charge >= 0.3 is 0 Å². The van der Waals surface area contributed by atoms with Crippen LogP contribution in [-0.4, -0.2) is 11.5 Å². The summed E-state index contributed by atoms with van der Waals surface area (Å²) in [5.41, 5.74) is 10.8. The fraction of sp³-hybridized carbons (Fsp3) is 0.562. The standard InChI is InChI=1S/C16H23N3S/c1-2-11-3-5-12(6-4-11)9-18-13-7-8-14-16(15(13)17)19-10-20-14/h7-8,10-12,18H,2-6,9,17H2,1H3. The van der Waals surface area contributed by atoms with Crippen LogP contribution in [0.4, 0.5) is 11.4 Å². The van der Waals surface area contributed by atoms with Crippen molar-refractivity contribution in [3.05, 3.63) is 17.6 Å². The van der Waals surface area contributed by atoms with E-state index in [1.165, 1.54) is 32.1 Å². The lowest BCUT2D eigenvalue weighted by Gasteiger charge is -2.28. The van der Waals surface area contributed by atoms with Crippen molar-refractivity contribution in [2.75, 3.05) is 17.6 Å². The average Bonchev–Trinajstić information content (AvgIpc) is 2.96. The van der Waals surface area contributed by atoms with Gasteiger partial charge in [-0.15, -0.1) is 11.3 Å². The van der Waals surface area contributed by atoms with Gasteiger partial charge in [0.25, 0.3) is 0 Å². The molecule has 1 saturated carbocycles. The number of fused-ring (bicyclic) bond motifs is 1. The maximum Gasteiger partial charge on any atom is 0.106 e. The van der Waals surface area contributed by atoms with E-state index in [4.69, 9.17) is 5.73 Å². The Morgan fingerprint density at radius 2 is 2.00 bits per heavy atom. The molecule has 1 aliphatic rings. The second kappa shape index (κ2) is 6.00. The molecule has 1 heterocycles. The SMILES string of the molecule is CCC1CCC(CNc2ccc3scnc3c2N)CC1. The van der Waals surface area contributed by atoms with E-state index in [0.29, 0.717) is 0 Å². The van der Waals surface area contributed by atoms with E-state index in [1.807, 2.05) is 5.51 Å². The second-order valence-corrected chi connectivity index (χ2v) is 6.79. The number of nitrogens with zero attached hydrogens (tertiary/aromatic N) is 1. The van der Waals surface area contributed by atoms with Gasteiger partial charge in [0, 0.05) is 6.54 Å². The number of nitrogen functional groups attached to an aromatic ring is 1. The number of anilines is 2. The number of nitrogens with two attached hydrogens (primary N) is 1. The van der Waals surface area contributed by atoms with Gasteiger partial charge < -0.3 is 11.1 Å². The first kappa shape index (κ1) is 13.7. The molecule has 1 aromatic carbocycles. The molecule has 1 aromatic heterocycles. The molecule has 20 heavy (non-hydrogen) atoms. The van der Waals surface area contributed by atoms with Crippen LogP contribution in [0.5, 0.6) is 0 Å². The largest absolute Gasteiger partial charge is 0.395 e. The first-order valence-corrected chi connectivity index (χ1v) is 8.51. The predicted octanol–water partition coefficient (Wildman–Crippen LogP) is 4.51. The first-order valence-electron chi connectivity index (χ1n) is 7.63. The summed E-state index contributed by atoms with van der Waals surface area (Å²) in [4.78, 5) is 4.35. The Morgan fingerprint density at radius 3 is 2.75 bits per heavy atom. The Bertz CT molecular complexity index is 570. The Hall–Kier alpha value is -1.29. The van der Waals surface area contributed by atoms with Crippen molar-refractivity contribution in [1.82, 2.24) is 4.98 Å². The van der Waals surface area contributed by atoms with Gasteiger partial charge in [0.15, 0.2) is 0 Å². The molecular formula is C16H23N3S. The first-order chi connectivity index (χ1) is 9.78. The van der Waals surface area contributed by atoms with Crippen LogP contribution in [0.25, 0.3) is 10.2 Å². The Morgan fingerprint density at radius 1 is 1.25 bits per heavy atom. The number of hydrogen-bond acceptors (Lipinski definition) is 4. The summed E-state index contributed by atoms with van der Waals surface area (Å²) in [6.45, 7) is 3.35. The third-order valence-corrected chi connectivity index (χ3v) is 5.46. The van der Waals surface area contributed by atoms with Gasteiger partial charge in [-0.25, -0.2) is 4.98 Å². The van der Waals surface area contributed by atoms with Crippen molar-refractivity contribution >= 4 is 32.9 Å². The van der Waals surface area contributed by atoms with Crippen LogP contribution in [0.2, 0.25) is 0 Å². The van der Waals surface area contributed by atoms with Crippen molar-refractivity contribution in [2.45, 2.75) is 39.0 Å². The Balaban J connectivity index is 1.61. The monoisotopic (exact) mass is 289 g/mol. The zero-order valence-electron chi connectivity index (χ0n) is 12.1. The van der Waals surface area contributed by atoms with Gasteiger partial charge in [-0.1, -0.05) is 26.2 Å². The molecular weight excluding hydrogens is 266 g/mol. The molecule has 3 N–H and O–H groups in total. The normalized spacial score (nSPS) is 23.1. The Labute approximate surface area is 124 Å². The molecule has 0 spiro atoms. The van der Waals surface area contributed by atoms with Crippen LogP contribution in [0.15, 0.2) is 17.6 Å². The minimum atomic E-state index is 0.795. The van der Waals surface area contributed by atoms with Crippen molar-refractivity contribution in [3.8, 4) is 0 Å². The van der Waals surface area contributed by atoms with Crippen molar-refractivity contribution < 1.29 is 0 Å². The van der Waals surface area contributed by atoms with Gasteiger partial charge in [0.1, 0.15) is 5.52 Å². The fourth-order valence-electron chi connectivity index (χ4n) is 3.20. The highest BCUT2D eigenvalue weighted by atomic mass is 32.1. The topological polar surface area (TPSA) is 50.9 Å². The molecule has 0 bridgehead atoms. The van der Waals surface area contributed by atoms with Crippen LogP contribution in [0.1, 0.15) is 39.0 Å². The molecule has 3 rings (SSSR count). The van der Waals surface area contributed by atoms with E-state index in [2.05, 4.69) is 29.4 Å². The summed E-state index contributed by atoms with van der Waals surface area (Å²) in [7, 11) is 0. The summed E-state index contributed by atoms with van der Waals surface area (Å²) >= 11 is 1.64. The molecule has 1 aliphatic carbocycles. The van der Waals surface area contributed by atoms with E-state index in [-0.39, 0.29) is 0 Å². The van der Waals surface area contributed by atoms with Crippen molar-refractivity contribution in [3.63, 3.8) is 0 Å². The molecule has 108 valence electrons. The summed E-state index contributed by atoms with van der Waals surface area (Å²) in [5, 5.41) is 3.54. The summed E-state index contributed by atoms with van der Waals surface area (Å²) in [6.07, 6.45) is 6.83. The van der Waals surface area contributed by atoms with E-state index < -0.39 is 0 Å². The number of benzene rings is 1. The lowest BCUT2D eigenvalue weighted by molar-refractivity contribution is 0.278. The lowest BCUT2D eigenvalue weighted by atomic mass is 9.81. The zero-order chi connectivity index (χ0) is 13.9. The van der Waals surface area contributed by atoms with Crippen molar-refractivity contribution in [1.29, 1.82) is 0 Å². The zero-order valence-corrected chi connectivity index (χ0v) is 12.9. The average molecular weight is 289 g/mol. The van der Waals surface area contributed by atoms with Crippen LogP contribution in [0.3, 0.4) is 0 Å². The van der Waals surface area contributed by atoms with Gasteiger partial charge in [0.05, 0.1) is 21.6 Å². The highest BCUT2D eigenvalue weighted by molar-refractivity contribution is 7.16. The number of aromatic nitrogens is 1. The summed E-state index contributed by atoms with van der Waals surface area (Å²) < 4.78 is 1.16. The fourth-order valence-corrected chi connectivity index (χ4v) is 3.90. The van der Waals surface area contributed by atoms with Gasteiger partial charge in [0.2, 0.25) is 0 Å². The molecule has 0 amide bonds. The van der Waals surface area contributed by atoms with Crippen LogP contribution < -0.4 is 11.1 Å². The molecule has 0 aliphatic heterocycles. The second-order valence-electron chi connectivity index (χ2n) is 5.90. The molecule has 0 unspecified atom stereocenters. The number of thiazole rings is 1. The maximum absolute atomic E-state index is 6.20. The van der Waals surface area contributed by atoms with E-state index in [1.54, 1.807) is 11.3 Å². The van der Waals surface area contributed by atoms with Gasteiger partial charge in [-0.05, 0) is 36.8 Å². The van der Waals surface area contributed by atoms with E-state index in [9.17, 15) is 0 Å². The smallest absolute Gasteiger partial charge is 0.106 e. The summed E-state index contributed by atoms with van der Waals surface area (Å²) in [5.74, 6) is 1.76. The third kappa shape index (κ3) is 2.75. The molecule has 4 heteroatoms. The van der Waals surface area contributed by atoms with Gasteiger partial charge in [-0.3, -0.25) is 0 Å². The lowest BCUT2D eigenvalue weighted by Crippen LogP contribution is -2.21. The summed E-state index contributed by atoms with van der Waals surface area (Å²) in [6, 6.07) is 4.20. The highest BCUT2D eigenvalue weighted by Crippen LogP contribution is 2.33. The third-order valence-electron chi connectivity index (χ3n) is 4.67. The minimum Gasteiger partial charge on any atom is -0.395 e. The minimum absolute atomic E-state index is 0.795. The Kier molecular flexibility index (Phi) is 4.10. The van der Waals surface area contributed by atoms with Crippen LogP contribution in [0, 0.1) is 11.8 Å². The molecule has 0 atom stereocenters. The number of nitrogens with one attached hydrogen (secondary N) is 1. The van der Waals surface area contributed by atoms with E-state index >= 15 is 0 Å². The maximum atomic E-state index is 6.20. The molecule has 0 radical (unpaired) electrons. The quantitative estimate of drug-likeness (QED) is 0.814.